The highest BCUT2D eigenvalue weighted by molar-refractivity contribution is 5.95. The second kappa shape index (κ2) is 4.87. The van der Waals surface area contributed by atoms with Crippen molar-refractivity contribution in [3.63, 3.8) is 0 Å². The lowest BCUT2D eigenvalue weighted by atomic mass is 10.1. The zero-order valence-corrected chi connectivity index (χ0v) is 11.8. The molecule has 3 nitrogen and oxygen atoms in total. The molecule has 2 aliphatic rings. The molecular formula is C16H22N2O. The van der Waals surface area contributed by atoms with Crippen molar-refractivity contribution in [1.82, 2.24) is 4.90 Å². The van der Waals surface area contributed by atoms with Gasteiger partial charge in [-0.05, 0) is 38.3 Å². The summed E-state index contributed by atoms with van der Waals surface area (Å²) in [5, 5.41) is 0. The molecule has 1 aliphatic heterocycles. The maximum atomic E-state index is 12.8. The van der Waals surface area contributed by atoms with Crippen LogP contribution in [0.25, 0.3) is 0 Å². The van der Waals surface area contributed by atoms with Crippen molar-refractivity contribution < 1.29 is 4.79 Å². The minimum Gasteiger partial charge on any atom is -0.317 e. The Hall–Kier alpha value is -1.51. The summed E-state index contributed by atoms with van der Waals surface area (Å²) in [5.74, 6) is 0. The third-order valence-corrected chi connectivity index (χ3v) is 4.33. The number of anilines is 1. The summed E-state index contributed by atoms with van der Waals surface area (Å²) >= 11 is 0. The zero-order chi connectivity index (χ0) is 13.4. The average molecular weight is 258 g/mol. The van der Waals surface area contributed by atoms with Gasteiger partial charge >= 0.3 is 6.03 Å². The second-order valence-corrected chi connectivity index (χ2v) is 5.94. The van der Waals surface area contributed by atoms with Gasteiger partial charge in [-0.2, -0.15) is 0 Å². The Morgan fingerprint density at radius 1 is 1.16 bits per heavy atom. The molecule has 0 radical (unpaired) electrons. The van der Waals surface area contributed by atoms with Crippen LogP contribution in [0.1, 0.15) is 45.1 Å². The highest BCUT2D eigenvalue weighted by Crippen LogP contribution is 2.34. The van der Waals surface area contributed by atoms with Crippen LogP contribution in [-0.4, -0.2) is 23.0 Å². The normalized spacial score (nSPS) is 20.3. The maximum Gasteiger partial charge on any atom is 0.325 e. The molecule has 0 unspecified atom stereocenters. The Morgan fingerprint density at radius 2 is 1.84 bits per heavy atom. The summed E-state index contributed by atoms with van der Waals surface area (Å²) in [6, 6.07) is 9.16. The number of hydrogen-bond acceptors (Lipinski definition) is 1. The Labute approximate surface area is 115 Å². The van der Waals surface area contributed by atoms with E-state index in [1.54, 1.807) is 0 Å². The highest BCUT2D eigenvalue weighted by Gasteiger charge is 2.36. The summed E-state index contributed by atoms with van der Waals surface area (Å²) in [5.41, 5.74) is 2.37. The lowest BCUT2D eigenvalue weighted by Crippen LogP contribution is -2.53. The highest BCUT2D eigenvalue weighted by atomic mass is 16.2. The van der Waals surface area contributed by atoms with Crippen LogP contribution in [0, 0.1) is 0 Å². The van der Waals surface area contributed by atoms with Gasteiger partial charge in [0.1, 0.15) is 0 Å². The van der Waals surface area contributed by atoms with E-state index in [0.29, 0.717) is 6.04 Å². The van der Waals surface area contributed by atoms with Crippen LogP contribution in [0.15, 0.2) is 24.3 Å². The van der Waals surface area contributed by atoms with E-state index in [9.17, 15) is 4.79 Å². The van der Waals surface area contributed by atoms with Crippen molar-refractivity contribution in [3.8, 4) is 0 Å². The van der Waals surface area contributed by atoms with E-state index in [2.05, 4.69) is 36.9 Å². The van der Waals surface area contributed by atoms with Gasteiger partial charge in [-0.15, -0.1) is 0 Å². The monoisotopic (exact) mass is 258 g/mol. The number of urea groups is 1. The molecule has 2 amide bonds. The largest absolute Gasteiger partial charge is 0.325 e. The van der Waals surface area contributed by atoms with Crippen LogP contribution < -0.4 is 4.90 Å². The van der Waals surface area contributed by atoms with Crippen molar-refractivity contribution in [2.45, 2.75) is 58.2 Å². The predicted molar refractivity (Wildman–Crippen MR) is 77.3 cm³/mol. The van der Waals surface area contributed by atoms with Crippen molar-refractivity contribution in [2.75, 3.05) is 4.90 Å². The van der Waals surface area contributed by atoms with E-state index in [4.69, 9.17) is 0 Å². The molecule has 1 aromatic carbocycles. The third-order valence-electron chi connectivity index (χ3n) is 4.33. The smallest absolute Gasteiger partial charge is 0.317 e. The van der Waals surface area contributed by atoms with Crippen LogP contribution in [0.3, 0.4) is 0 Å². The van der Waals surface area contributed by atoms with E-state index in [1.807, 2.05) is 11.0 Å². The van der Waals surface area contributed by atoms with Crippen LogP contribution in [0.5, 0.6) is 0 Å². The molecule has 1 saturated carbocycles. The number of para-hydroxylation sites is 1. The molecule has 0 aromatic heterocycles. The lowest BCUT2D eigenvalue weighted by molar-refractivity contribution is 0.172. The van der Waals surface area contributed by atoms with E-state index >= 15 is 0 Å². The Balaban J connectivity index is 1.97. The van der Waals surface area contributed by atoms with Gasteiger partial charge in [0.05, 0.1) is 5.69 Å². The first-order valence-corrected chi connectivity index (χ1v) is 7.36. The average Bonchev–Trinajstić information content (AvgIpc) is 2.91. The number of rotatable bonds is 2. The second-order valence-electron chi connectivity index (χ2n) is 5.94. The van der Waals surface area contributed by atoms with Gasteiger partial charge in [0.25, 0.3) is 0 Å². The van der Waals surface area contributed by atoms with Crippen molar-refractivity contribution in [1.29, 1.82) is 0 Å². The third kappa shape index (κ3) is 2.11. The summed E-state index contributed by atoms with van der Waals surface area (Å²) in [6.45, 7) is 4.96. The van der Waals surface area contributed by atoms with Crippen LogP contribution in [-0.2, 0) is 6.54 Å². The summed E-state index contributed by atoms with van der Waals surface area (Å²) in [4.78, 5) is 16.8. The molecule has 0 saturated heterocycles. The van der Waals surface area contributed by atoms with Crippen LogP contribution in [0.2, 0.25) is 0 Å². The lowest BCUT2D eigenvalue weighted by Gasteiger charge is -2.42. The molecule has 3 heteroatoms. The number of fused-ring (bicyclic) bond motifs is 1. The van der Waals surface area contributed by atoms with E-state index < -0.39 is 0 Å². The SMILES string of the molecule is CC(C)N1C(=O)N(C2CCCC2)Cc2ccccc21. The molecule has 102 valence electrons. The Morgan fingerprint density at radius 3 is 2.53 bits per heavy atom. The molecule has 1 aromatic rings. The minimum atomic E-state index is 0.195. The minimum absolute atomic E-state index is 0.195. The van der Waals surface area contributed by atoms with Crippen molar-refractivity contribution in [3.05, 3.63) is 29.8 Å². The van der Waals surface area contributed by atoms with E-state index in [0.717, 1.165) is 12.2 Å². The fraction of sp³-hybridized carbons (Fsp3) is 0.562. The maximum absolute atomic E-state index is 12.8. The van der Waals surface area contributed by atoms with Gasteiger partial charge in [0.15, 0.2) is 0 Å². The van der Waals surface area contributed by atoms with Gasteiger partial charge in [0.2, 0.25) is 0 Å². The number of carbonyl (C=O) groups excluding carboxylic acids is 1. The first-order valence-electron chi connectivity index (χ1n) is 7.36. The molecular weight excluding hydrogens is 236 g/mol. The number of benzene rings is 1. The fourth-order valence-corrected chi connectivity index (χ4v) is 3.37. The summed E-state index contributed by atoms with van der Waals surface area (Å²) in [6.07, 6.45) is 4.86. The Kier molecular flexibility index (Phi) is 3.21. The van der Waals surface area contributed by atoms with E-state index in [-0.39, 0.29) is 12.1 Å². The number of amides is 2. The van der Waals surface area contributed by atoms with Crippen molar-refractivity contribution >= 4 is 11.7 Å². The topological polar surface area (TPSA) is 23.6 Å². The number of nitrogens with zero attached hydrogens (tertiary/aromatic N) is 2. The Bertz CT molecular complexity index is 477. The van der Waals surface area contributed by atoms with E-state index in [1.165, 1.54) is 31.2 Å². The summed E-state index contributed by atoms with van der Waals surface area (Å²) < 4.78 is 0. The van der Waals surface area contributed by atoms with Crippen LogP contribution >= 0.6 is 0 Å². The molecule has 19 heavy (non-hydrogen) atoms. The first-order chi connectivity index (χ1) is 9.18. The molecule has 1 heterocycles. The van der Waals surface area contributed by atoms with Gasteiger partial charge in [-0.3, -0.25) is 4.90 Å². The summed E-state index contributed by atoms with van der Waals surface area (Å²) in [7, 11) is 0. The van der Waals surface area contributed by atoms with Crippen LogP contribution in [0.4, 0.5) is 10.5 Å². The predicted octanol–water partition coefficient (Wildman–Crippen LogP) is 3.78. The standard InChI is InChI=1S/C16H22N2O/c1-12(2)18-15-10-6-3-7-13(15)11-17(16(18)19)14-8-4-5-9-14/h3,6-7,10,12,14H,4-5,8-9,11H2,1-2H3. The molecule has 0 atom stereocenters. The first kappa shape index (κ1) is 12.5. The molecule has 1 fully saturated rings. The molecule has 3 rings (SSSR count). The number of carbonyl (C=O) groups is 1. The number of hydrogen-bond donors (Lipinski definition) is 0. The quantitative estimate of drug-likeness (QED) is 0.792. The zero-order valence-electron chi connectivity index (χ0n) is 11.8. The molecule has 1 aliphatic carbocycles. The molecule has 0 spiro atoms. The van der Waals surface area contributed by atoms with Crippen molar-refractivity contribution in [2.24, 2.45) is 0 Å². The van der Waals surface area contributed by atoms with Gasteiger partial charge < -0.3 is 4.90 Å². The van der Waals surface area contributed by atoms with Gasteiger partial charge in [-0.1, -0.05) is 31.0 Å². The molecule has 0 N–H and O–H groups in total. The fourth-order valence-electron chi connectivity index (χ4n) is 3.37. The molecule has 0 bridgehead atoms. The van der Waals surface area contributed by atoms with Gasteiger partial charge in [-0.25, -0.2) is 4.79 Å². The van der Waals surface area contributed by atoms with Gasteiger partial charge in [0, 0.05) is 18.6 Å².